The summed E-state index contributed by atoms with van der Waals surface area (Å²) in [6.45, 7) is 4.25. The second-order valence-corrected chi connectivity index (χ2v) is 6.61. The molecule has 0 saturated carbocycles. The van der Waals surface area contributed by atoms with Gasteiger partial charge in [0.05, 0.1) is 16.7 Å². The van der Waals surface area contributed by atoms with Gasteiger partial charge in [0.1, 0.15) is 0 Å². The fraction of sp³-hybridized carbons (Fsp3) is 0.222. The van der Waals surface area contributed by atoms with Gasteiger partial charge in [0, 0.05) is 13.5 Å². The number of nitrogens with zero attached hydrogens (tertiary/aromatic N) is 4. The van der Waals surface area contributed by atoms with E-state index in [1.165, 1.54) is 11.8 Å². The molecule has 6 nitrogen and oxygen atoms in total. The summed E-state index contributed by atoms with van der Waals surface area (Å²) < 4.78 is 7.08. The average Bonchev–Trinajstić information content (AvgIpc) is 3.04. The third-order valence-corrected chi connectivity index (χ3v) is 4.96. The third kappa shape index (κ3) is 2.91. The number of rotatable bonds is 4. The Labute approximate surface area is 147 Å². The molecule has 126 valence electrons. The standard InChI is InChI=1S/C18H16N4O2S/c1-3-22-17(23)14-8-12-6-4-5-7-13(12)9-15(14)19-18(22)25-10-16-21-20-11(2)24-16/h4-9H,3,10H2,1-2H3. The predicted octanol–water partition coefficient (Wildman–Crippen LogP) is 3.55. The van der Waals surface area contributed by atoms with Crippen LogP contribution >= 0.6 is 11.8 Å². The van der Waals surface area contributed by atoms with E-state index in [2.05, 4.69) is 10.2 Å². The van der Waals surface area contributed by atoms with Crippen LogP contribution in [0.2, 0.25) is 0 Å². The van der Waals surface area contributed by atoms with Crippen molar-refractivity contribution >= 4 is 33.4 Å². The van der Waals surface area contributed by atoms with Crippen LogP contribution in [0, 0.1) is 6.92 Å². The molecule has 25 heavy (non-hydrogen) atoms. The minimum atomic E-state index is -0.0255. The summed E-state index contributed by atoms with van der Waals surface area (Å²) in [5.74, 6) is 1.53. The topological polar surface area (TPSA) is 73.8 Å². The lowest BCUT2D eigenvalue weighted by atomic mass is 10.1. The molecule has 0 aliphatic rings. The van der Waals surface area contributed by atoms with Gasteiger partial charge in [0.25, 0.3) is 5.56 Å². The summed E-state index contributed by atoms with van der Waals surface area (Å²) in [6, 6.07) is 11.9. The first kappa shape index (κ1) is 15.8. The van der Waals surface area contributed by atoms with E-state index < -0.39 is 0 Å². The van der Waals surface area contributed by atoms with Crippen molar-refractivity contribution in [2.24, 2.45) is 0 Å². The Bertz CT molecular complexity index is 1130. The molecule has 0 spiro atoms. The maximum atomic E-state index is 12.9. The molecule has 0 aliphatic heterocycles. The van der Waals surface area contributed by atoms with Crippen LogP contribution in [0.1, 0.15) is 18.7 Å². The van der Waals surface area contributed by atoms with Crippen LogP contribution in [-0.4, -0.2) is 19.7 Å². The Balaban J connectivity index is 1.82. The second-order valence-electron chi connectivity index (χ2n) is 5.66. The van der Waals surface area contributed by atoms with Crippen LogP contribution in [-0.2, 0) is 12.3 Å². The number of hydrogen-bond acceptors (Lipinski definition) is 6. The normalized spacial score (nSPS) is 11.4. The van der Waals surface area contributed by atoms with Crippen LogP contribution in [0.5, 0.6) is 0 Å². The average molecular weight is 352 g/mol. The number of benzene rings is 2. The molecule has 0 saturated heterocycles. The lowest BCUT2D eigenvalue weighted by Gasteiger charge is -2.11. The Hall–Kier alpha value is -2.67. The first-order valence-electron chi connectivity index (χ1n) is 8.01. The van der Waals surface area contributed by atoms with E-state index >= 15 is 0 Å². The van der Waals surface area contributed by atoms with Gasteiger partial charge in [0.2, 0.25) is 11.8 Å². The monoisotopic (exact) mass is 352 g/mol. The van der Waals surface area contributed by atoms with Crippen molar-refractivity contribution in [3.63, 3.8) is 0 Å². The molecule has 0 amide bonds. The van der Waals surface area contributed by atoms with Crippen LogP contribution in [0.25, 0.3) is 21.7 Å². The van der Waals surface area contributed by atoms with Gasteiger partial charge in [-0.05, 0) is 29.8 Å². The molecule has 0 radical (unpaired) electrons. The van der Waals surface area contributed by atoms with Crippen molar-refractivity contribution in [1.29, 1.82) is 0 Å². The maximum absolute atomic E-state index is 12.9. The summed E-state index contributed by atoms with van der Waals surface area (Å²) in [5, 5.41) is 11.2. The Morgan fingerprint density at radius 3 is 2.60 bits per heavy atom. The first-order valence-corrected chi connectivity index (χ1v) is 8.99. The Morgan fingerprint density at radius 2 is 1.92 bits per heavy atom. The maximum Gasteiger partial charge on any atom is 0.262 e. The minimum absolute atomic E-state index is 0.0255. The number of fused-ring (bicyclic) bond motifs is 2. The predicted molar refractivity (Wildman–Crippen MR) is 97.8 cm³/mol. The Kier molecular flexibility index (Phi) is 4.01. The molecule has 0 aliphatic carbocycles. The number of aryl methyl sites for hydroxylation is 1. The SMILES string of the molecule is CCn1c(SCc2nnc(C)o2)nc2cc3ccccc3cc2c1=O. The molecular formula is C18H16N4O2S. The third-order valence-electron chi connectivity index (χ3n) is 4.00. The van der Waals surface area contributed by atoms with Crippen molar-refractivity contribution in [1.82, 2.24) is 19.7 Å². The Morgan fingerprint density at radius 1 is 1.16 bits per heavy atom. The molecule has 2 heterocycles. The molecule has 4 rings (SSSR count). The van der Waals surface area contributed by atoms with Gasteiger partial charge in [-0.3, -0.25) is 9.36 Å². The largest absolute Gasteiger partial charge is 0.425 e. The summed E-state index contributed by atoms with van der Waals surface area (Å²) in [5.41, 5.74) is 0.681. The highest BCUT2D eigenvalue weighted by Gasteiger charge is 2.13. The fourth-order valence-electron chi connectivity index (χ4n) is 2.80. The highest BCUT2D eigenvalue weighted by atomic mass is 32.2. The molecule has 0 bridgehead atoms. The van der Waals surface area contributed by atoms with Gasteiger partial charge in [0.15, 0.2) is 5.16 Å². The fourth-order valence-corrected chi connectivity index (χ4v) is 3.70. The lowest BCUT2D eigenvalue weighted by molar-refractivity contribution is 0.485. The zero-order valence-corrected chi connectivity index (χ0v) is 14.7. The molecule has 2 aromatic carbocycles. The van der Waals surface area contributed by atoms with Gasteiger partial charge in [-0.1, -0.05) is 36.0 Å². The molecule has 0 fully saturated rings. The molecule has 0 N–H and O–H groups in total. The zero-order chi connectivity index (χ0) is 17.4. The molecule has 2 aromatic heterocycles. The zero-order valence-electron chi connectivity index (χ0n) is 13.9. The van der Waals surface area contributed by atoms with Crippen molar-refractivity contribution in [2.75, 3.05) is 0 Å². The first-order chi connectivity index (χ1) is 12.2. The summed E-state index contributed by atoms with van der Waals surface area (Å²) >= 11 is 1.43. The quantitative estimate of drug-likeness (QED) is 0.318. The van der Waals surface area contributed by atoms with E-state index in [0.29, 0.717) is 40.1 Å². The summed E-state index contributed by atoms with van der Waals surface area (Å²) in [7, 11) is 0. The van der Waals surface area contributed by atoms with Crippen molar-refractivity contribution in [2.45, 2.75) is 31.3 Å². The number of hydrogen-bond donors (Lipinski definition) is 0. The van der Waals surface area contributed by atoms with Crippen molar-refractivity contribution < 1.29 is 4.42 Å². The van der Waals surface area contributed by atoms with E-state index in [1.807, 2.05) is 43.3 Å². The van der Waals surface area contributed by atoms with Crippen LogP contribution in [0.4, 0.5) is 0 Å². The van der Waals surface area contributed by atoms with Gasteiger partial charge >= 0.3 is 0 Å². The molecule has 4 aromatic rings. The molecule has 7 heteroatoms. The summed E-state index contributed by atoms with van der Waals surface area (Å²) in [4.78, 5) is 17.6. The number of aromatic nitrogens is 4. The lowest BCUT2D eigenvalue weighted by Crippen LogP contribution is -2.22. The van der Waals surface area contributed by atoms with Gasteiger partial charge < -0.3 is 4.42 Å². The highest BCUT2D eigenvalue weighted by Crippen LogP contribution is 2.24. The van der Waals surface area contributed by atoms with Gasteiger partial charge in [-0.15, -0.1) is 10.2 Å². The van der Waals surface area contributed by atoms with Gasteiger partial charge in [-0.25, -0.2) is 4.98 Å². The highest BCUT2D eigenvalue weighted by molar-refractivity contribution is 7.98. The molecule has 0 unspecified atom stereocenters. The van der Waals surface area contributed by atoms with E-state index in [9.17, 15) is 4.79 Å². The van der Waals surface area contributed by atoms with E-state index in [4.69, 9.17) is 9.40 Å². The minimum Gasteiger partial charge on any atom is -0.425 e. The van der Waals surface area contributed by atoms with Crippen LogP contribution in [0.15, 0.2) is 50.8 Å². The van der Waals surface area contributed by atoms with Crippen LogP contribution < -0.4 is 5.56 Å². The van der Waals surface area contributed by atoms with E-state index in [1.54, 1.807) is 11.5 Å². The second kappa shape index (κ2) is 6.33. The summed E-state index contributed by atoms with van der Waals surface area (Å²) in [6.07, 6.45) is 0. The van der Waals surface area contributed by atoms with Crippen molar-refractivity contribution in [3.05, 3.63) is 58.5 Å². The van der Waals surface area contributed by atoms with Crippen molar-refractivity contribution in [3.8, 4) is 0 Å². The molecule has 0 atom stereocenters. The van der Waals surface area contributed by atoms with E-state index in [0.717, 1.165) is 10.8 Å². The molecular weight excluding hydrogens is 336 g/mol. The smallest absolute Gasteiger partial charge is 0.262 e. The number of thioether (sulfide) groups is 1. The van der Waals surface area contributed by atoms with Crippen LogP contribution in [0.3, 0.4) is 0 Å². The van der Waals surface area contributed by atoms with Gasteiger partial charge in [-0.2, -0.15) is 0 Å². The van der Waals surface area contributed by atoms with E-state index in [-0.39, 0.29) is 5.56 Å².